The van der Waals surface area contributed by atoms with Gasteiger partial charge in [-0.2, -0.15) is 4.98 Å². The number of carbonyl (C=O) groups excluding carboxylic acids is 1. The van der Waals surface area contributed by atoms with Gasteiger partial charge in [-0.3, -0.25) is 18.7 Å². The van der Waals surface area contributed by atoms with Crippen LogP contribution in [0.5, 0.6) is 0 Å². The number of benzene rings is 1. The molecule has 0 aliphatic carbocycles. The summed E-state index contributed by atoms with van der Waals surface area (Å²) >= 11 is 12.0. The van der Waals surface area contributed by atoms with Crippen LogP contribution in [-0.2, 0) is 25.4 Å². The van der Waals surface area contributed by atoms with E-state index in [1.54, 1.807) is 36.9 Å². The van der Waals surface area contributed by atoms with Gasteiger partial charge in [0.05, 0.1) is 16.6 Å². The molecule has 0 radical (unpaired) electrons. The van der Waals surface area contributed by atoms with Crippen molar-refractivity contribution in [3.8, 4) is 0 Å². The lowest BCUT2D eigenvalue weighted by Crippen LogP contribution is -2.40. The molecule has 2 N–H and O–H groups in total. The number of aromatic nitrogens is 4. The van der Waals surface area contributed by atoms with Gasteiger partial charge in [-0.15, -0.1) is 0 Å². The molecule has 2 aromatic heterocycles. The third kappa shape index (κ3) is 3.59. The molecule has 3 heterocycles. The number of nitrogens with zero attached hydrogens (tertiary/aromatic N) is 4. The first-order chi connectivity index (χ1) is 14.3. The van der Waals surface area contributed by atoms with Crippen molar-refractivity contribution in [2.45, 2.75) is 25.4 Å². The second-order valence-electron chi connectivity index (χ2n) is 7.33. The highest BCUT2D eigenvalue weighted by Gasteiger charge is 2.23. The van der Waals surface area contributed by atoms with Crippen molar-refractivity contribution in [1.29, 1.82) is 0 Å². The summed E-state index contributed by atoms with van der Waals surface area (Å²) < 4.78 is 4.10. The number of halogens is 2. The van der Waals surface area contributed by atoms with Crippen molar-refractivity contribution >= 4 is 46.2 Å². The van der Waals surface area contributed by atoms with E-state index in [1.807, 2.05) is 0 Å². The van der Waals surface area contributed by atoms with Gasteiger partial charge in [-0.1, -0.05) is 29.3 Å². The van der Waals surface area contributed by atoms with Crippen LogP contribution >= 0.6 is 23.2 Å². The number of nitrogens with one attached hydrogen (secondary N) is 2. The molecule has 30 heavy (non-hydrogen) atoms. The van der Waals surface area contributed by atoms with E-state index in [9.17, 15) is 14.4 Å². The van der Waals surface area contributed by atoms with Gasteiger partial charge in [-0.05, 0) is 24.1 Å². The lowest BCUT2D eigenvalue weighted by molar-refractivity contribution is -0.122. The average molecular weight is 451 g/mol. The second kappa shape index (κ2) is 7.81. The Morgan fingerprint density at radius 3 is 2.63 bits per heavy atom. The molecule has 4 rings (SSSR count). The number of imidazole rings is 1. The fourth-order valence-corrected chi connectivity index (χ4v) is 3.94. The number of hydrogen-bond acceptors (Lipinski definition) is 5. The fraction of sp³-hybridized carbons (Fsp3) is 0.368. The zero-order chi connectivity index (χ0) is 21.6. The van der Waals surface area contributed by atoms with Gasteiger partial charge in [0.25, 0.3) is 5.56 Å². The molecule has 0 saturated carbocycles. The minimum atomic E-state index is -0.486. The summed E-state index contributed by atoms with van der Waals surface area (Å²) in [5.74, 6) is 0.401. The Morgan fingerprint density at radius 1 is 1.17 bits per heavy atom. The van der Waals surface area contributed by atoms with Crippen LogP contribution in [0.3, 0.4) is 0 Å². The molecule has 1 atom stereocenters. The monoisotopic (exact) mass is 450 g/mol. The quantitative estimate of drug-likeness (QED) is 0.626. The van der Waals surface area contributed by atoms with Crippen molar-refractivity contribution in [3.05, 3.63) is 54.6 Å². The van der Waals surface area contributed by atoms with Crippen molar-refractivity contribution in [2.24, 2.45) is 14.1 Å². The first-order valence-electron chi connectivity index (χ1n) is 9.39. The Morgan fingerprint density at radius 2 is 1.93 bits per heavy atom. The maximum absolute atomic E-state index is 13.2. The normalized spacial score (nSPS) is 16.7. The molecular formula is C19H20Cl2N6O3. The number of carbonyl (C=O) groups is 1. The van der Waals surface area contributed by atoms with Crippen LogP contribution in [0.4, 0.5) is 5.95 Å². The second-order valence-corrected chi connectivity index (χ2v) is 8.15. The van der Waals surface area contributed by atoms with E-state index in [0.29, 0.717) is 40.0 Å². The van der Waals surface area contributed by atoms with Gasteiger partial charge in [0, 0.05) is 33.1 Å². The van der Waals surface area contributed by atoms with Crippen LogP contribution in [-0.4, -0.2) is 37.2 Å². The van der Waals surface area contributed by atoms with Gasteiger partial charge in [0.2, 0.25) is 11.9 Å². The maximum Gasteiger partial charge on any atom is 0.332 e. The number of hydrogen-bond donors (Lipinski definition) is 2. The smallest absolute Gasteiger partial charge is 0.332 e. The van der Waals surface area contributed by atoms with Crippen LogP contribution in [0.1, 0.15) is 18.4 Å². The number of anilines is 1. The highest BCUT2D eigenvalue weighted by Crippen LogP contribution is 2.23. The van der Waals surface area contributed by atoms with Crippen LogP contribution in [0.25, 0.3) is 11.2 Å². The zero-order valence-electron chi connectivity index (χ0n) is 16.4. The summed E-state index contributed by atoms with van der Waals surface area (Å²) in [6, 6.07) is 4.88. The van der Waals surface area contributed by atoms with Gasteiger partial charge >= 0.3 is 5.69 Å². The lowest BCUT2D eigenvalue weighted by Gasteiger charge is -2.23. The largest absolute Gasteiger partial charge is 0.356 e. The number of amides is 1. The van der Waals surface area contributed by atoms with Crippen molar-refractivity contribution in [3.63, 3.8) is 0 Å². The Hall–Kier alpha value is -2.78. The van der Waals surface area contributed by atoms with E-state index in [-0.39, 0.29) is 24.1 Å². The first kappa shape index (κ1) is 20.5. The Kier molecular flexibility index (Phi) is 5.33. The summed E-state index contributed by atoms with van der Waals surface area (Å²) in [5.41, 5.74) is 0.307. The highest BCUT2D eigenvalue weighted by molar-refractivity contribution is 6.42. The predicted molar refractivity (Wildman–Crippen MR) is 115 cm³/mol. The van der Waals surface area contributed by atoms with Crippen molar-refractivity contribution in [2.75, 3.05) is 11.9 Å². The molecule has 158 valence electrons. The van der Waals surface area contributed by atoms with Crippen LogP contribution < -0.4 is 21.9 Å². The number of rotatable bonds is 4. The van der Waals surface area contributed by atoms with E-state index in [0.717, 1.165) is 11.0 Å². The van der Waals surface area contributed by atoms with Gasteiger partial charge < -0.3 is 15.2 Å². The average Bonchev–Trinajstić information content (AvgIpc) is 3.03. The van der Waals surface area contributed by atoms with Crippen molar-refractivity contribution < 1.29 is 4.79 Å². The molecule has 11 heteroatoms. The summed E-state index contributed by atoms with van der Waals surface area (Å²) in [7, 11) is 3.27. The predicted octanol–water partition coefficient (Wildman–Crippen LogP) is 1.48. The van der Waals surface area contributed by atoms with E-state index in [1.165, 1.54) is 4.57 Å². The molecule has 3 aromatic rings. The van der Waals surface area contributed by atoms with E-state index in [2.05, 4.69) is 15.6 Å². The molecule has 1 fully saturated rings. The van der Waals surface area contributed by atoms with Crippen molar-refractivity contribution in [1.82, 2.24) is 24.0 Å². The molecule has 1 saturated heterocycles. The Balaban J connectivity index is 1.77. The number of piperidine rings is 1. The molecule has 1 amide bonds. The SMILES string of the molecule is Cn1c(NC2CCNC(=O)C2)nc2c1c(=O)n(Cc1ccc(Cl)c(Cl)c1)c(=O)n2C. The van der Waals surface area contributed by atoms with Gasteiger partial charge in [-0.25, -0.2) is 4.79 Å². The van der Waals surface area contributed by atoms with Crippen LogP contribution in [0, 0.1) is 0 Å². The number of aryl methyl sites for hydroxylation is 2. The molecule has 1 aromatic carbocycles. The van der Waals surface area contributed by atoms with Gasteiger partial charge in [0.1, 0.15) is 0 Å². The molecule has 0 bridgehead atoms. The molecular weight excluding hydrogens is 431 g/mol. The molecule has 0 spiro atoms. The number of fused-ring (bicyclic) bond motifs is 1. The summed E-state index contributed by atoms with van der Waals surface area (Å²) in [5, 5.41) is 6.75. The van der Waals surface area contributed by atoms with Crippen LogP contribution in [0.15, 0.2) is 27.8 Å². The topological polar surface area (TPSA) is 103 Å². The first-order valence-corrected chi connectivity index (χ1v) is 10.1. The molecule has 1 aliphatic heterocycles. The molecule has 9 nitrogen and oxygen atoms in total. The van der Waals surface area contributed by atoms with E-state index >= 15 is 0 Å². The Bertz CT molecular complexity index is 1280. The molecule has 1 aliphatic rings. The maximum atomic E-state index is 13.2. The van der Waals surface area contributed by atoms with E-state index in [4.69, 9.17) is 23.2 Å². The molecule has 1 unspecified atom stereocenters. The van der Waals surface area contributed by atoms with Crippen LogP contribution in [0.2, 0.25) is 10.0 Å². The lowest BCUT2D eigenvalue weighted by atomic mass is 10.1. The fourth-order valence-electron chi connectivity index (χ4n) is 3.62. The standard InChI is InChI=1S/C19H20Cl2N6O3/c1-25-15-16(24-18(25)23-11-5-6-22-14(28)8-11)26(2)19(30)27(17(15)29)9-10-3-4-12(20)13(21)7-10/h3-4,7,11H,5-6,8-9H2,1-2H3,(H,22,28)(H,23,24). The van der Waals surface area contributed by atoms with E-state index < -0.39 is 11.2 Å². The third-order valence-electron chi connectivity index (χ3n) is 5.26. The van der Waals surface area contributed by atoms with Gasteiger partial charge in [0.15, 0.2) is 11.2 Å². The highest BCUT2D eigenvalue weighted by atomic mass is 35.5. The summed E-state index contributed by atoms with van der Waals surface area (Å²) in [6.45, 7) is 0.629. The summed E-state index contributed by atoms with van der Waals surface area (Å²) in [6.07, 6.45) is 1.07. The minimum absolute atomic E-state index is 0.0334. The Labute approximate surface area is 181 Å². The zero-order valence-corrected chi connectivity index (χ0v) is 17.9. The summed E-state index contributed by atoms with van der Waals surface area (Å²) in [4.78, 5) is 42.1. The third-order valence-corrected chi connectivity index (χ3v) is 6.00. The minimum Gasteiger partial charge on any atom is -0.356 e.